The maximum Gasteiger partial charge on any atom is 0.248 e. The lowest BCUT2D eigenvalue weighted by atomic mass is 10.2. The summed E-state index contributed by atoms with van der Waals surface area (Å²) >= 11 is 23.1. The third-order valence-electron chi connectivity index (χ3n) is 3.17. The van der Waals surface area contributed by atoms with Crippen LogP contribution in [0.1, 0.15) is 5.56 Å². The zero-order valence-corrected chi connectivity index (χ0v) is 15.8. The van der Waals surface area contributed by atoms with Crippen LogP contribution in [0.3, 0.4) is 0 Å². The van der Waals surface area contributed by atoms with Gasteiger partial charge in [0.25, 0.3) is 0 Å². The van der Waals surface area contributed by atoms with E-state index in [2.05, 4.69) is 20.7 Å². The van der Waals surface area contributed by atoms with Crippen molar-refractivity contribution in [3.8, 4) is 0 Å². The largest absolute Gasteiger partial charge is 0.332 e. The molecule has 1 aromatic heterocycles. The van der Waals surface area contributed by atoms with Crippen LogP contribution >= 0.6 is 47.0 Å². The Morgan fingerprint density at radius 2 is 1.88 bits per heavy atom. The molecule has 0 aliphatic heterocycles. The molecule has 0 fully saturated rings. The number of hydrogen-bond acceptors (Lipinski definition) is 3. The van der Waals surface area contributed by atoms with Crippen LogP contribution in [0.2, 0.25) is 15.1 Å². The van der Waals surface area contributed by atoms with E-state index in [4.69, 9.17) is 47.0 Å². The molecule has 0 unspecified atom stereocenters. The SMILES string of the molecule is S=C(Nc1ccc(Cl)c(Cl)c1)Nc1ncn(Cc2cccc(Cl)c2)n1. The third kappa shape index (κ3) is 5.06. The van der Waals surface area contributed by atoms with Crippen LogP contribution in [0, 0.1) is 0 Å². The topological polar surface area (TPSA) is 54.8 Å². The Labute approximate surface area is 164 Å². The Hall–Kier alpha value is -1.86. The lowest BCUT2D eigenvalue weighted by molar-refractivity contribution is 0.687. The molecule has 0 aliphatic carbocycles. The van der Waals surface area contributed by atoms with Gasteiger partial charge in [-0.3, -0.25) is 5.32 Å². The predicted molar refractivity (Wildman–Crippen MR) is 107 cm³/mol. The molecule has 5 nitrogen and oxygen atoms in total. The number of thiocarbonyl (C=S) groups is 1. The van der Waals surface area contributed by atoms with Crippen LogP contribution in [0.25, 0.3) is 0 Å². The van der Waals surface area contributed by atoms with Crippen molar-refractivity contribution in [3.63, 3.8) is 0 Å². The van der Waals surface area contributed by atoms with Crippen LogP contribution in [0.5, 0.6) is 0 Å². The summed E-state index contributed by atoms with van der Waals surface area (Å²) in [5, 5.41) is 12.2. The summed E-state index contributed by atoms with van der Waals surface area (Å²) in [4.78, 5) is 4.18. The third-order valence-corrected chi connectivity index (χ3v) is 4.35. The van der Waals surface area contributed by atoms with Crippen molar-refractivity contribution in [2.24, 2.45) is 0 Å². The van der Waals surface area contributed by atoms with Crippen LogP contribution in [0.4, 0.5) is 11.6 Å². The molecular weight excluding hydrogens is 401 g/mol. The molecule has 3 aromatic rings. The molecule has 0 saturated heterocycles. The van der Waals surface area contributed by atoms with Crippen LogP contribution in [-0.4, -0.2) is 19.9 Å². The van der Waals surface area contributed by atoms with E-state index < -0.39 is 0 Å². The van der Waals surface area contributed by atoms with Gasteiger partial charge < -0.3 is 5.32 Å². The summed E-state index contributed by atoms with van der Waals surface area (Å²) in [6.07, 6.45) is 1.62. The van der Waals surface area contributed by atoms with E-state index in [0.29, 0.717) is 38.4 Å². The Kier molecular flexibility index (Phi) is 5.75. The molecular formula is C16H12Cl3N5S. The highest BCUT2D eigenvalue weighted by Crippen LogP contribution is 2.25. The summed E-state index contributed by atoms with van der Waals surface area (Å²) < 4.78 is 1.69. The molecule has 0 atom stereocenters. The lowest BCUT2D eigenvalue weighted by Gasteiger charge is -2.08. The van der Waals surface area contributed by atoms with E-state index in [-0.39, 0.29) is 0 Å². The molecule has 2 aromatic carbocycles. The summed E-state index contributed by atoms with van der Waals surface area (Å²) in [5.41, 5.74) is 1.74. The van der Waals surface area contributed by atoms with Gasteiger partial charge in [-0.1, -0.05) is 46.9 Å². The molecule has 9 heteroatoms. The van der Waals surface area contributed by atoms with Gasteiger partial charge in [0, 0.05) is 10.7 Å². The van der Waals surface area contributed by atoms with Gasteiger partial charge in [-0.2, -0.15) is 0 Å². The van der Waals surface area contributed by atoms with Gasteiger partial charge in [0.15, 0.2) is 5.11 Å². The van der Waals surface area contributed by atoms with Crippen molar-refractivity contribution in [1.29, 1.82) is 0 Å². The minimum atomic E-state index is 0.346. The summed E-state index contributed by atoms with van der Waals surface area (Å²) in [6, 6.07) is 12.7. The number of rotatable bonds is 4. The van der Waals surface area contributed by atoms with E-state index in [0.717, 1.165) is 5.56 Å². The quantitative estimate of drug-likeness (QED) is 0.584. The molecule has 0 amide bonds. The van der Waals surface area contributed by atoms with E-state index in [1.54, 1.807) is 29.2 Å². The van der Waals surface area contributed by atoms with E-state index in [1.165, 1.54) is 0 Å². The molecule has 1 heterocycles. The fraction of sp³-hybridized carbons (Fsp3) is 0.0625. The first kappa shape index (κ1) is 17.9. The van der Waals surface area contributed by atoms with E-state index in [1.807, 2.05) is 24.3 Å². The number of hydrogen-bond donors (Lipinski definition) is 2. The van der Waals surface area contributed by atoms with Crippen LogP contribution in [0.15, 0.2) is 48.8 Å². The van der Waals surface area contributed by atoms with Crippen molar-refractivity contribution in [2.75, 3.05) is 10.6 Å². The maximum absolute atomic E-state index is 5.98. The van der Waals surface area contributed by atoms with Gasteiger partial charge in [0.05, 0.1) is 16.6 Å². The molecule has 0 radical (unpaired) electrons. The van der Waals surface area contributed by atoms with Gasteiger partial charge in [0.2, 0.25) is 5.95 Å². The minimum Gasteiger partial charge on any atom is -0.332 e. The van der Waals surface area contributed by atoms with Crippen molar-refractivity contribution in [1.82, 2.24) is 14.8 Å². The molecule has 0 saturated carbocycles. The van der Waals surface area contributed by atoms with Gasteiger partial charge in [-0.05, 0) is 48.1 Å². The number of nitrogens with one attached hydrogen (secondary N) is 2. The number of nitrogens with zero attached hydrogens (tertiary/aromatic N) is 3. The van der Waals surface area contributed by atoms with Gasteiger partial charge in [-0.15, -0.1) is 5.10 Å². The zero-order chi connectivity index (χ0) is 17.8. The van der Waals surface area contributed by atoms with Gasteiger partial charge in [-0.25, -0.2) is 9.67 Å². The minimum absolute atomic E-state index is 0.346. The molecule has 0 bridgehead atoms. The van der Waals surface area contributed by atoms with Gasteiger partial charge >= 0.3 is 0 Å². The standard InChI is InChI=1S/C16H12Cl3N5S/c17-11-3-1-2-10(6-11)8-24-9-20-15(23-24)22-16(25)21-12-4-5-13(18)14(19)7-12/h1-7,9H,8H2,(H2,21,22,23,25). The highest BCUT2D eigenvalue weighted by atomic mass is 35.5. The fourth-order valence-electron chi connectivity index (χ4n) is 2.09. The predicted octanol–water partition coefficient (Wildman–Crippen LogP) is 5.10. The smallest absolute Gasteiger partial charge is 0.248 e. The second-order valence-electron chi connectivity index (χ2n) is 5.10. The van der Waals surface area contributed by atoms with Crippen molar-refractivity contribution < 1.29 is 0 Å². The zero-order valence-electron chi connectivity index (χ0n) is 12.7. The average molecular weight is 413 g/mol. The Morgan fingerprint density at radius 1 is 1.04 bits per heavy atom. The first-order valence-electron chi connectivity index (χ1n) is 7.16. The highest BCUT2D eigenvalue weighted by molar-refractivity contribution is 7.80. The second kappa shape index (κ2) is 8.01. The molecule has 0 aliphatic rings. The maximum atomic E-state index is 5.98. The second-order valence-corrected chi connectivity index (χ2v) is 6.76. The van der Waals surface area contributed by atoms with Crippen LogP contribution in [-0.2, 0) is 6.54 Å². The molecule has 25 heavy (non-hydrogen) atoms. The van der Waals surface area contributed by atoms with E-state index >= 15 is 0 Å². The van der Waals surface area contributed by atoms with Crippen molar-refractivity contribution >= 4 is 63.8 Å². The first-order chi connectivity index (χ1) is 12.0. The van der Waals surface area contributed by atoms with Crippen molar-refractivity contribution in [3.05, 3.63) is 69.4 Å². The lowest BCUT2D eigenvalue weighted by Crippen LogP contribution is -2.20. The average Bonchev–Trinajstić information content (AvgIpc) is 2.98. The molecule has 128 valence electrons. The van der Waals surface area contributed by atoms with Crippen molar-refractivity contribution in [2.45, 2.75) is 6.54 Å². The fourth-order valence-corrected chi connectivity index (χ4v) is 2.81. The Balaban J connectivity index is 1.60. The normalized spacial score (nSPS) is 10.5. The summed E-state index contributed by atoms with van der Waals surface area (Å²) in [6.45, 7) is 0.558. The molecule has 2 N–H and O–H groups in total. The Bertz CT molecular complexity index is 912. The monoisotopic (exact) mass is 411 g/mol. The number of anilines is 2. The molecule has 3 rings (SSSR count). The summed E-state index contributed by atoms with van der Waals surface area (Å²) in [7, 11) is 0. The highest BCUT2D eigenvalue weighted by Gasteiger charge is 2.06. The van der Waals surface area contributed by atoms with E-state index in [9.17, 15) is 0 Å². The Morgan fingerprint density at radius 3 is 2.64 bits per heavy atom. The molecule has 0 spiro atoms. The number of benzene rings is 2. The summed E-state index contributed by atoms with van der Waals surface area (Å²) in [5.74, 6) is 0.389. The number of aromatic nitrogens is 3. The number of halogens is 3. The van der Waals surface area contributed by atoms with Gasteiger partial charge in [0.1, 0.15) is 6.33 Å². The first-order valence-corrected chi connectivity index (χ1v) is 8.71. The van der Waals surface area contributed by atoms with Crippen LogP contribution < -0.4 is 10.6 Å².